The van der Waals surface area contributed by atoms with Crippen LogP contribution in [0, 0.1) is 17.3 Å². The number of nitrogens with one attached hydrogen (secondary N) is 1. The third kappa shape index (κ3) is 4.03. The molecule has 5 heteroatoms. The number of allylic oxidation sites excluding steroid dienone is 2. The smallest absolute Gasteiger partial charge is 0.224 e. The maximum absolute atomic E-state index is 12.5. The summed E-state index contributed by atoms with van der Waals surface area (Å²) in [5, 5.41) is 3.08. The molecule has 0 aromatic carbocycles. The number of rotatable bonds is 5. The van der Waals surface area contributed by atoms with Crippen LogP contribution in [0.4, 0.5) is 5.82 Å². The van der Waals surface area contributed by atoms with E-state index in [-0.39, 0.29) is 17.2 Å². The Morgan fingerprint density at radius 3 is 2.68 bits per heavy atom. The van der Waals surface area contributed by atoms with E-state index >= 15 is 0 Å². The Hall–Kier alpha value is -1.88. The number of nitrogens with zero attached hydrogens (tertiary/aromatic N) is 2. The van der Waals surface area contributed by atoms with Crippen LogP contribution in [-0.2, 0) is 16.1 Å². The minimum atomic E-state index is 0.0554. The largest absolute Gasteiger partial charge is 0.378 e. The first-order valence-corrected chi connectivity index (χ1v) is 9.10. The standard InChI is InChI=1S/C20H29N3O2/c1-14(2)11-16-18(20(16,3)4)19(24)22-13-15-5-6-17(21-12-15)23-7-9-25-10-8-23/h5-6,11-12,16,18H,7-10,13H2,1-4H3,(H,22,24)/t16-,18+/m1/s1. The molecule has 1 saturated heterocycles. The van der Waals surface area contributed by atoms with Gasteiger partial charge in [-0.05, 0) is 36.8 Å². The highest BCUT2D eigenvalue weighted by Crippen LogP contribution is 2.59. The first-order valence-electron chi connectivity index (χ1n) is 9.10. The Morgan fingerprint density at radius 1 is 1.36 bits per heavy atom. The van der Waals surface area contributed by atoms with Gasteiger partial charge in [0.2, 0.25) is 5.91 Å². The molecule has 5 nitrogen and oxygen atoms in total. The SMILES string of the molecule is CC(C)=C[C@@H]1[C@@H](C(=O)NCc2ccc(N3CCOCC3)nc2)C1(C)C. The summed E-state index contributed by atoms with van der Waals surface area (Å²) in [4.78, 5) is 19.3. The maximum atomic E-state index is 12.5. The zero-order chi connectivity index (χ0) is 18.0. The molecule has 2 heterocycles. The van der Waals surface area contributed by atoms with Crippen LogP contribution in [-0.4, -0.2) is 37.2 Å². The quantitative estimate of drug-likeness (QED) is 0.835. The molecule has 1 amide bonds. The van der Waals surface area contributed by atoms with Crippen molar-refractivity contribution in [3.05, 3.63) is 35.5 Å². The Kier molecular flexibility index (Phi) is 5.13. The predicted molar refractivity (Wildman–Crippen MR) is 99.3 cm³/mol. The Bertz CT molecular complexity index is 641. The molecule has 1 aliphatic carbocycles. The van der Waals surface area contributed by atoms with Crippen molar-refractivity contribution in [1.29, 1.82) is 0 Å². The molecule has 2 atom stereocenters. The maximum Gasteiger partial charge on any atom is 0.224 e. The minimum absolute atomic E-state index is 0.0554. The lowest BCUT2D eigenvalue weighted by Gasteiger charge is -2.27. The average molecular weight is 343 g/mol. The molecular formula is C20H29N3O2. The number of anilines is 1. The van der Waals surface area contributed by atoms with Crippen molar-refractivity contribution in [3.63, 3.8) is 0 Å². The van der Waals surface area contributed by atoms with Crippen molar-refractivity contribution in [2.75, 3.05) is 31.2 Å². The number of amides is 1. The summed E-state index contributed by atoms with van der Waals surface area (Å²) in [6.07, 6.45) is 4.08. The van der Waals surface area contributed by atoms with E-state index in [4.69, 9.17) is 4.74 Å². The van der Waals surface area contributed by atoms with Crippen LogP contribution in [0.5, 0.6) is 0 Å². The van der Waals surface area contributed by atoms with Crippen molar-refractivity contribution >= 4 is 11.7 Å². The van der Waals surface area contributed by atoms with Gasteiger partial charge < -0.3 is 15.0 Å². The van der Waals surface area contributed by atoms with E-state index in [0.717, 1.165) is 37.7 Å². The van der Waals surface area contributed by atoms with Gasteiger partial charge in [0.05, 0.1) is 19.1 Å². The van der Waals surface area contributed by atoms with Crippen molar-refractivity contribution < 1.29 is 9.53 Å². The van der Waals surface area contributed by atoms with Crippen LogP contribution in [0.3, 0.4) is 0 Å². The number of carbonyl (C=O) groups excluding carboxylic acids is 1. The highest BCUT2D eigenvalue weighted by atomic mass is 16.5. The average Bonchev–Trinajstić information content (AvgIpc) is 3.13. The first-order chi connectivity index (χ1) is 11.9. The van der Waals surface area contributed by atoms with Gasteiger partial charge >= 0.3 is 0 Å². The van der Waals surface area contributed by atoms with Crippen LogP contribution in [0.1, 0.15) is 33.3 Å². The van der Waals surface area contributed by atoms with Crippen LogP contribution in [0.2, 0.25) is 0 Å². The normalized spacial score (nSPS) is 24.6. The third-order valence-corrected chi connectivity index (χ3v) is 5.32. The fraction of sp³-hybridized carbons (Fsp3) is 0.600. The third-order valence-electron chi connectivity index (χ3n) is 5.32. The second-order valence-corrected chi connectivity index (χ2v) is 7.91. The molecule has 3 rings (SSSR count). The number of hydrogen-bond donors (Lipinski definition) is 1. The Balaban J connectivity index is 1.53. The monoisotopic (exact) mass is 343 g/mol. The van der Waals surface area contributed by atoms with Gasteiger partial charge in [0.25, 0.3) is 0 Å². The molecule has 0 unspecified atom stereocenters. The number of hydrogen-bond acceptors (Lipinski definition) is 4. The summed E-state index contributed by atoms with van der Waals surface area (Å²) in [5.74, 6) is 1.54. The summed E-state index contributed by atoms with van der Waals surface area (Å²) < 4.78 is 5.37. The minimum Gasteiger partial charge on any atom is -0.378 e. The number of carbonyl (C=O) groups is 1. The Labute approximate surface area is 150 Å². The topological polar surface area (TPSA) is 54.5 Å². The van der Waals surface area contributed by atoms with E-state index in [1.807, 2.05) is 18.3 Å². The first kappa shape index (κ1) is 17.9. The molecule has 1 aromatic heterocycles. The molecule has 0 spiro atoms. The molecule has 1 saturated carbocycles. The molecule has 0 radical (unpaired) electrons. The summed E-state index contributed by atoms with van der Waals surface area (Å²) >= 11 is 0. The molecule has 1 aliphatic heterocycles. The highest BCUT2D eigenvalue weighted by Gasteiger charge is 2.60. The van der Waals surface area contributed by atoms with Gasteiger partial charge in [0.15, 0.2) is 0 Å². The number of ether oxygens (including phenoxy) is 1. The van der Waals surface area contributed by atoms with Crippen molar-refractivity contribution in [3.8, 4) is 0 Å². The van der Waals surface area contributed by atoms with Crippen molar-refractivity contribution in [1.82, 2.24) is 10.3 Å². The van der Waals surface area contributed by atoms with Gasteiger partial charge in [-0.1, -0.05) is 31.6 Å². The molecule has 0 bridgehead atoms. The lowest BCUT2D eigenvalue weighted by atomic mass is 10.1. The fourth-order valence-electron chi connectivity index (χ4n) is 3.65. The summed E-state index contributed by atoms with van der Waals surface area (Å²) in [5.41, 5.74) is 2.36. The molecule has 1 N–H and O–H groups in total. The van der Waals surface area contributed by atoms with Crippen LogP contribution in [0.15, 0.2) is 30.0 Å². The van der Waals surface area contributed by atoms with E-state index in [1.54, 1.807) is 0 Å². The molecule has 25 heavy (non-hydrogen) atoms. The summed E-state index contributed by atoms with van der Waals surface area (Å²) in [6.45, 7) is 12.3. The van der Waals surface area contributed by atoms with Crippen LogP contribution < -0.4 is 10.2 Å². The van der Waals surface area contributed by atoms with E-state index in [2.05, 4.69) is 49.0 Å². The molecular weight excluding hydrogens is 314 g/mol. The van der Waals surface area contributed by atoms with E-state index in [1.165, 1.54) is 5.57 Å². The molecule has 1 aromatic rings. The Morgan fingerprint density at radius 2 is 2.08 bits per heavy atom. The lowest BCUT2D eigenvalue weighted by Crippen LogP contribution is -2.36. The van der Waals surface area contributed by atoms with Crippen molar-refractivity contribution in [2.45, 2.75) is 34.2 Å². The van der Waals surface area contributed by atoms with Gasteiger partial charge in [0, 0.05) is 25.8 Å². The van der Waals surface area contributed by atoms with E-state index in [9.17, 15) is 4.79 Å². The lowest BCUT2D eigenvalue weighted by molar-refractivity contribution is -0.123. The second kappa shape index (κ2) is 7.16. The zero-order valence-corrected chi connectivity index (χ0v) is 15.7. The fourth-order valence-corrected chi connectivity index (χ4v) is 3.65. The number of pyridine rings is 1. The molecule has 136 valence electrons. The van der Waals surface area contributed by atoms with Crippen LogP contribution >= 0.6 is 0 Å². The summed E-state index contributed by atoms with van der Waals surface area (Å²) in [6, 6.07) is 4.07. The second-order valence-electron chi connectivity index (χ2n) is 7.91. The van der Waals surface area contributed by atoms with Crippen molar-refractivity contribution in [2.24, 2.45) is 17.3 Å². The van der Waals surface area contributed by atoms with E-state index < -0.39 is 0 Å². The van der Waals surface area contributed by atoms with Gasteiger partial charge in [0.1, 0.15) is 5.82 Å². The molecule has 2 fully saturated rings. The zero-order valence-electron chi connectivity index (χ0n) is 15.7. The molecule has 2 aliphatic rings. The van der Waals surface area contributed by atoms with E-state index in [0.29, 0.717) is 12.5 Å². The predicted octanol–water partition coefficient (Wildman–Crippen LogP) is 2.77. The van der Waals surface area contributed by atoms with Gasteiger partial charge in [-0.2, -0.15) is 0 Å². The summed E-state index contributed by atoms with van der Waals surface area (Å²) in [7, 11) is 0. The number of morpholine rings is 1. The van der Waals surface area contributed by atoms with Gasteiger partial charge in [-0.25, -0.2) is 4.98 Å². The van der Waals surface area contributed by atoms with Crippen LogP contribution in [0.25, 0.3) is 0 Å². The van der Waals surface area contributed by atoms with Gasteiger partial charge in [-0.15, -0.1) is 0 Å². The number of aromatic nitrogens is 1. The van der Waals surface area contributed by atoms with Gasteiger partial charge in [-0.3, -0.25) is 4.79 Å². The highest BCUT2D eigenvalue weighted by molar-refractivity contribution is 5.83.